The van der Waals surface area contributed by atoms with Crippen molar-refractivity contribution in [1.82, 2.24) is 4.90 Å². The van der Waals surface area contributed by atoms with Crippen LogP contribution in [0.15, 0.2) is 30.3 Å². The molecular weight excluding hydrogens is 446 g/mol. The van der Waals surface area contributed by atoms with E-state index in [2.05, 4.69) is 64.7 Å². The fourth-order valence-electron chi connectivity index (χ4n) is 3.26. The first-order valence-electron chi connectivity index (χ1n) is 12.9. The van der Waals surface area contributed by atoms with E-state index in [1.165, 1.54) is 0 Å². The van der Waals surface area contributed by atoms with E-state index < -0.39 is 14.5 Å². The highest BCUT2D eigenvalue weighted by atomic mass is 28.4. The van der Waals surface area contributed by atoms with Gasteiger partial charge < -0.3 is 23.5 Å². The standard InChI is InChI=1S/C27H49NO5Si/c1-8-28(9-2)19-14-21-31-26(29)33-25(18-22-32-34(6,7)27(3,4)5)17-13-20-30-23-24-15-11-10-12-16-24/h10-12,15-16,25H,8-9,13-14,17-23H2,1-7H3. The van der Waals surface area contributed by atoms with Gasteiger partial charge in [-0.15, -0.1) is 0 Å². The maximum absolute atomic E-state index is 12.3. The topological polar surface area (TPSA) is 57.2 Å². The van der Waals surface area contributed by atoms with Crippen molar-refractivity contribution in [3.8, 4) is 0 Å². The highest BCUT2D eigenvalue weighted by Gasteiger charge is 2.37. The van der Waals surface area contributed by atoms with Crippen molar-refractivity contribution in [3.05, 3.63) is 35.9 Å². The third kappa shape index (κ3) is 12.9. The summed E-state index contributed by atoms with van der Waals surface area (Å²) < 4.78 is 23.1. The maximum Gasteiger partial charge on any atom is 0.508 e. The van der Waals surface area contributed by atoms with Crippen LogP contribution in [0, 0.1) is 0 Å². The van der Waals surface area contributed by atoms with Crippen LogP contribution in [0.2, 0.25) is 18.1 Å². The first kappa shape index (κ1) is 30.6. The molecule has 0 amide bonds. The second-order valence-electron chi connectivity index (χ2n) is 10.3. The Labute approximate surface area is 209 Å². The van der Waals surface area contributed by atoms with E-state index in [1.54, 1.807) is 0 Å². The number of nitrogens with zero attached hydrogens (tertiary/aromatic N) is 1. The molecule has 0 heterocycles. The third-order valence-corrected chi connectivity index (χ3v) is 11.2. The van der Waals surface area contributed by atoms with Crippen LogP contribution in [0.25, 0.3) is 0 Å². The molecule has 0 N–H and O–H groups in total. The van der Waals surface area contributed by atoms with Crippen LogP contribution in [0.5, 0.6) is 0 Å². The average molecular weight is 496 g/mol. The summed E-state index contributed by atoms with van der Waals surface area (Å²) in [7, 11) is -1.84. The highest BCUT2D eigenvalue weighted by molar-refractivity contribution is 6.74. The molecule has 1 aromatic carbocycles. The molecule has 0 aliphatic rings. The SMILES string of the molecule is CCN(CC)CCCOC(=O)OC(CCCOCc1ccccc1)CCO[Si](C)(C)C(C)(C)C. The first-order valence-corrected chi connectivity index (χ1v) is 15.8. The molecule has 196 valence electrons. The van der Waals surface area contributed by atoms with E-state index in [1.807, 2.05) is 18.2 Å². The van der Waals surface area contributed by atoms with Gasteiger partial charge in [0.1, 0.15) is 6.10 Å². The van der Waals surface area contributed by atoms with Gasteiger partial charge in [-0.25, -0.2) is 4.79 Å². The number of benzene rings is 1. The van der Waals surface area contributed by atoms with Crippen molar-refractivity contribution in [3.63, 3.8) is 0 Å². The van der Waals surface area contributed by atoms with E-state index in [-0.39, 0.29) is 11.1 Å². The van der Waals surface area contributed by atoms with Gasteiger partial charge >= 0.3 is 6.16 Å². The first-order chi connectivity index (χ1) is 16.1. The maximum atomic E-state index is 12.3. The molecule has 0 spiro atoms. The summed E-state index contributed by atoms with van der Waals surface area (Å²) in [5.74, 6) is 0. The highest BCUT2D eigenvalue weighted by Crippen LogP contribution is 2.36. The molecule has 0 aromatic heterocycles. The predicted molar refractivity (Wildman–Crippen MR) is 142 cm³/mol. The Kier molecular flexibility index (Phi) is 14.7. The van der Waals surface area contributed by atoms with E-state index in [9.17, 15) is 4.79 Å². The van der Waals surface area contributed by atoms with Gasteiger partial charge in [-0.3, -0.25) is 0 Å². The number of rotatable bonds is 17. The summed E-state index contributed by atoms with van der Waals surface area (Å²) >= 11 is 0. The Hall–Kier alpha value is -1.41. The van der Waals surface area contributed by atoms with Gasteiger partial charge in [0, 0.05) is 26.2 Å². The van der Waals surface area contributed by atoms with Crippen molar-refractivity contribution in [2.45, 2.75) is 91.1 Å². The summed E-state index contributed by atoms with van der Waals surface area (Å²) in [5.41, 5.74) is 1.16. The molecule has 1 unspecified atom stereocenters. The van der Waals surface area contributed by atoms with Crippen LogP contribution in [0.1, 0.15) is 65.9 Å². The smallest absolute Gasteiger partial charge is 0.434 e. The summed E-state index contributed by atoms with van der Waals surface area (Å²) in [5, 5.41) is 0.151. The lowest BCUT2D eigenvalue weighted by Gasteiger charge is -2.36. The third-order valence-electron chi connectivity index (χ3n) is 6.63. The summed E-state index contributed by atoms with van der Waals surface area (Å²) in [6, 6.07) is 10.1. The fourth-order valence-corrected chi connectivity index (χ4v) is 4.32. The van der Waals surface area contributed by atoms with Gasteiger partial charge in [-0.2, -0.15) is 0 Å². The Morgan fingerprint density at radius 2 is 1.65 bits per heavy atom. The molecule has 0 bridgehead atoms. The average Bonchev–Trinajstić information content (AvgIpc) is 2.78. The molecule has 34 heavy (non-hydrogen) atoms. The van der Waals surface area contributed by atoms with Gasteiger partial charge in [-0.1, -0.05) is 65.0 Å². The van der Waals surface area contributed by atoms with Crippen LogP contribution < -0.4 is 0 Å². The zero-order valence-electron chi connectivity index (χ0n) is 22.7. The second-order valence-corrected chi connectivity index (χ2v) is 15.1. The Balaban J connectivity index is 2.46. The monoisotopic (exact) mass is 495 g/mol. The lowest BCUT2D eigenvalue weighted by Crippen LogP contribution is -2.41. The largest absolute Gasteiger partial charge is 0.508 e. The number of hydrogen-bond acceptors (Lipinski definition) is 6. The predicted octanol–water partition coefficient (Wildman–Crippen LogP) is 6.65. The molecule has 0 saturated carbocycles. The van der Waals surface area contributed by atoms with Gasteiger partial charge in [0.2, 0.25) is 0 Å². The molecular formula is C27H49NO5Si. The van der Waals surface area contributed by atoms with Crippen LogP contribution in [0.4, 0.5) is 4.79 Å². The number of ether oxygens (including phenoxy) is 3. The zero-order valence-corrected chi connectivity index (χ0v) is 23.7. The van der Waals surface area contributed by atoms with Crippen molar-refractivity contribution >= 4 is 14.5 Å². The fraction of sp³-hybridized carbons (Fsp3) is 0.741. The molecule has 0 aliphatic heterocycles. The van der Waals surface area contributed by atoms with Gasteiger partial charge in [0.15, 0.2) is 8.32 Å². The Morgan fingerprint density at radius 1 is 0.971 bits per heavy atom. The van der Waals surface area contributed by atoms with Gasteiger partial charge in [0.25, 0.3) is 0 Å². The molecule has 0 fully saturated rings. The molecule has 0 radical (unpaired) electrons. The summed E-state index contributed by atoms with van der Waals surface area (Å²) in [6.45, 7) is 20.5. The quantitative estimate of drug-likeness (QED) is 0.137. The summed E-state index contributed by atoms with van der Waals surface area (Å²) in [4.78, 5) is 14.6. The minimum Gasteiger partial charge on any atom is -0.434 e. The number of carbonyl (C=O) groups excluding carboxylic acids is 1. The number of hydrogen-bond donors (Lipinski definition) is 0. The number of carbonyl (C=O) groups is 1. The van der Waals surface area contributed by atoms with Crippen molar-refractivity contribution in [2.75, 3.05) is 39.5 Å². The summed E-state index contributed by atoms with van der Waals surface area (Å²) in [6.07, 6.45) is 2.20. The van der Waals surface area contributed by atoms with Gasteiger partial charge in [-0.05, 0) is 56.0 Å². The lowest BCUT2D eigenvalue weighted by atomic mass is 10.1. The van der Waals surface area contributed by atoms with Crippen LogP contribution in [-0.2, 0) is 25.2 Å². The van der Waals surface area contributed by atoms with Crippen molar-refractivity contribution < 1.29 is 23.4 Å². The second kappa shape index (κ2) is 16.3. The molecule has 1 aromatic rings. The van der Waals surface area contributed by atoms with E-state index in [0.717, 1.165) is 44.5 Å². The normalized spacial score (nSPS) is 13.2. The van der Waals surface area contributed by atoms with Crippen LogP contribution in [-0.4, -0.2) is 64.9 Å². The Bertz CT molecular complexity index is 659. The van der Waals surface area contributed by atoms with E-state index in [4.69, 9.17) is 18.6 Å². The molecule has 7 heteroatoms. The minimum atomic E-state index is -1.84. The van der Waals surface area contributed by atoms with Crippen LogP contribution in [0.3, 0.4) is 0 Å². The van der Waals surface area contributed by atoms with E-state index in [0.29, 0.717) is 32.8 Å². The van der Waals surface area contributed by atoms with Crippen molar-refractivity contribution in [1.29, 1.82) is 0 Å². The zero-order chi connectivity index (χ0) is 25.5. The van der Waals surface area contributed by atoms with Crippen molar-refractivity contribution in [2.24, 2.45) is 0 Å². The molecule has 1 rings (SSSR count). The van der Waals surface area contributed by atoms with Gasteiger partial charge in [0.05, 0.1) is 13.2 Å². The lowest BCUT2D eigenvalue weighted by molar-refractivity contribution is 0.00745. The molecule has 0 saturated heterocycles. The molecule has 1 atom stereocenters. The molecule has 0 aliphatic carbocycles. The van der Waals surface area contributed by atoms with Crippen LogP contribution >= 0.6 is 0 Å². The Morgan fingerprint density at radius 3 is 2.26 bits per heavy atom. The molecule has 6 nitrogen and oxygen atoms in total. The van der Waals surface area contributed by atoms with E-state index >= 15 is 0 Å². The minimum absolute atomic E-state index is 0.151.